The Morgan fingerprint density at radius 1 is 1.22 bits per heavy atom. The lowest BCUT2D eigenvalue weighted by Crippen LogP contribution is -2.59. The van der Waals surface area contributed by atoms with Crippen molar-refractivity contribution in [3.8, 4) is 0 Å². The van der Waals surface area contributed by atoms with Crippen LogP contribution < -0.4 is 0 Å². The fraction of sp³-hybridized carbons (Fsp3) is 0.682. The van der Waals surface area contributed by atoms with Crippen molar-refractivity contribution < 1.29 is 14.3 Å². The summed E-state index contributed by atoms with van der Waals surface area (Å²) in [4.78, 5) is 17.3. The molecule has 0 saturated carbocycles. The minimum atomic E-state index is -0.533. The molecule has 1 fully saturated rings. The molecule has 2 unspecified atom stereocenters. The highest BCUT2D eigenvalue weighted by Gasteiger charge is 2.57. The SMILES string of the molecule is COC1CC(C)(CN(C)Cc2ccccc2)N(C(=O)OC(C)(C)C)C1(C)C. The van der Waals surface area contributed by atoms with Crippen LogP contribution in [0.15, 0.2) is 30.3 Å². The van der Waals surface area contributed by atoms with E-state index in [9.17, 15) is 4.79 Å². The summed E-state index contributed by atoms with van der Waals surface area (Å²) in [5.74, 6) is 0. The normalized spacial score (nSPS) is 25.1. The third kappa shape index (κ3) is 5.02. The average molecular weight is 377 g/mol. The van der Waals surface area contributed by atoms with Gasteiger partial charge in [-0.2, -0.15) is 0 Å². The summed E-state index contributed by atoms with van der Waals surface area (Å²) in [6.07, 6.45) is 0.456. The van der Waals surface area contributed by atoms with Gasteiger partial charge in [0.15, 0.2) is 0 Å². The Hall–Kier alpha value is -1.59. The number of methoxy groups -OCH3 is 1. The summed E-state index contributed by atoms with van der Waals surface area (Å²) in [7, 11) is 3.82. The van der Waals surface area contributed by atoms with Crippen LogP contribution in [0.25, 0.3) is 0 Å². The van der Waals surface area contributed by atoms with Crippen LogP contribution in [0.5, 0.6) is 0 Å². The lowest BCUT2D eigenvalue weighted by molar-refractivity contribution is -0.0329. The van der Waals surface area contributed by atoms with Crippen molar-refractivity contribution >= 4 is 6.09 Å². The number of nitrogens with zero attached hydrogens (tertiary/aromatic N) is 2. The zero-order valence-electron chi connectivity index (χ0n) is 18.2. The van der Waals surface area contributed by atoms with Crippen molar-refractivity contribution in [2.24, 2.45) is 0 Å². The molecular weight excluding hydrogens is 340 g/mol. The van der Waals surface area contributed by atoms with Gasteiger partial charge in [0.1, 0.15) is 5.60 Å². The summed E-state index contributed by atoms with van der Waals surface area (Å²) in [6.45, 7) is 13.5. The Morgan fingerprint density at radius 3 is 2.33 bits per heavy atom. The largest absolute Gasteiger partial charge is 0.444 e. The Labute approximate surface area is 164 Å². The van der Waals surface area contributed by atoms with Crippen LogP contribution in [-0.2, 0) is 16.0 Å². The van der Waals surface area contributed by atoms with Gasteiger partial charge < -0.3 is 9.47 Å². The molecule has 2 atom stereocenters. The first-order valence-corrected chi connectivity index (χ1v) is 9.68. The van der Waals surface area contributed by atoms with Crippen LogP contribution in [0.2, 0.25) is 0 Å². The molecule has 0 N–H and O–H groups in total. The third-order valence-corrected chi connectivity index (χ3v) is 5.30. The summed E-state index contributed by atoms with van der Waals surface area (Å²) in [5.41, 5.74) is -0.0991. The molecule has 5 nitrogen and oxygen atoms in total. The molecule has 2 rings (SSSR count). The molecule has 1 aliphatic heterocycles. The molecule has 1 saturated heterocycles. The van der Waals surface area contributed by atoms with Crippen LogP contribution in [0, 0.1) is 0 Å². The van der Waals surface area contributed by atoms with Crippen LogP contribution in [0.3, 0.4) is 0 Å². The van der Waals surface area contributed by atoms with E-state index in [0.29, 0.717) is 0 Å². The van der Waals surface area contributed by atoms with E-state index < -0.39 is 11.1 Å². The molecule has 1 heterocycles. The van der Waals surface area contributed by atoms with Gasteiger partial charge >= 0.3 is 6.09 Å². The van der Waals surface area contributed by atoms with Crippen molar-refractivity contribution in [3.63, 3.8) is 0 Å². The molecule has 0 aliphatic carbocycles. The van der Waals surface area contributed by atoms with Crippen LogP contribution in [0.1, 0.15) is 53.5 Å². The minimum absolute atomic E-state index is 0.0415. The number of hydrogen-bond acceptors (Lipinski definition) is 4. The predicted octanol–water partition coefficient (Wildman–Crippen LogP) is 4.31. The van der Waals surface area contributed by atoms with E-state index >= 15 is 0 Å². The molecule has 152 valence electrons. The van der Waals surface area contributed by atoms with Crippen LogP contribution in [-0.4, -0.2) is 59.4 Å². The highest BCUT2D eigenvalue weighted by Crippen LogP contribution is 2.43. The fourth-order valence-corrected chi connectivity index (χ4v) is 4.38. The number of rotatable bonds is 5. The summed E-state index contributed by atoms with van der Waals surface area (Å²) < 4.78 is 11.5. The Morgan fingerprint density at radius 2 is 1.81 bits per heavy atom. The van der Waals surface area contributed by atoms with Gasteiger partial charge in [0.2, 0.25) is 0 Å². The molecule has 0 radical (unpaired) electrons. The van der Waals surface area contributed by atoms with Crippen LogP contribution >= 0.6 is 0 Å². The lowest BCUT2D eigenvalue weighted by Gasteiger charge is -2.44. The van der Waals surface area contributed by atoms with E-state index in [0.717, 1.165) is 19.5 Å². The summed E-state index contributed by atoms with van der Waals surface area (Å²) in [6, 6.07) is 10.4. The zero-order chi connectivity index (χ0) is 20.5. The Balaban J connectivity index is 2.25. The molecule has 1 aromatic rings. The molecular formula is C22H36N2O3. The number of hydrogen-bond donors (Lipinski definition) is 0. The number of amides is 1. The maximum atomic E-state index is 13.1. The molecule has 5 heteroatoms. The van der Waals surface area contributed by atoms with Gasteiger partial charge in [0, 0.05) is 26.6 Å². The average Bonchev–Trinajstić information content (AvgIpc) is 2.71. The van der Waals surface area contributed by atoms with E-state index in [1.54, 1.807) is 7.11 Å². The molecule has 1 amide bonds. The van der Waals surface area contributed by atoms with Gasteiger partial charge in [0.05, 0.1) is 17.2 Å². The van der Waals surface area contributed by atoms with Crippen molar-refractivity contribution in [1.82, 2.24) is 9.80 Å². The number of benzene rings is 1. The standard InChI is InChI=1S/C22H36N2O3/c1-20(2,3)27-19(25)24-21(4,5)18(26-8)14-22(24,6)16-23(7)15-17-12-10-9-11-13-17/h9-13,18H,14-16H2,1-8H3. The first kappa shape index (κ1) is 21.7. The van der Waals surface area contributed by atoms with E-state index in [-0.39, 0.29) is 17.7 Å². The van der Waals surface area contributed by atoms with E-state index in [2.05, 4.69) is 57.0 Å². The lowest BCUT2D eigenvalue weighted by atomic mass is 9.95. The second-order valence-corrected chi connectivity index (χ2v) is 9.55. The molecule has 1 aliphatic rings. The van der Waals surface area contributed by atoms with E-state index in [4.69, 9.17) is 9.47 Å². The van der Waals surface area contributed by atoms with E-state index in [1.165, 1.54) is 5.56 Å². The molecule has 0 spiro atoms. The third-order valence-electron chi connectivity index (χ3n) is 5.30. The van der Waals surface area contributed by atoms with Gasteiger partial charge in [-0.05, 0) is 54.2 Å². The van der Waals surface area contributed by atoms with Gasteiger partial charge in [-0.25, -0.2) is 4.79 Å². The number of likely N-dealkylation sites (tertiary alicyclic amines) is 1. The smallest absolute Gasteiger partial charge is 0.411 e. The molecule has 1 aromatic carbocycles. The topological polar surface area (TPSA) is 42.0 Å². The molecule has 27 heavy (non-hydrogen) atoms. The van der Waals surface area contributed by atoms with Gasteiger partial charge in [-0.1, -0.05) is 30.3 Å². The van der Waals surface area contributed by atoms with Gasteiger partial charge in [-0.15, -0.1) is 0 Å². The zero-order valence-corrected chi connectivity index (χ0v) is 18.2. The number of carbonyl (C=O) groups is 1. The van der Waals surface area contributed by atoms with Crippen molar-refractivity contribution in [2.45, 2.75) is 77.3 Å². The minimum Gasteiger partial charge on any atom is -0.444 e. The quantitative estimate of drug-likeness (QED) is 0.768. The first-order chi connectivity index (χ1) is 12.4. The second-order valence-electron chi connectivity index (χ2n) is 9.55. The van der Waals surface area contributed by atoms with E-state index in [1.807, 2.05) is 31.7 Å². The van der Waals surface area contributed by atoms with Crippen molar-refractivity contribution in [3.05, 3.63) is 35.9 Å². The molecule has 0 aromatic heterocycles. The number of likely N-dealkylation sites (N-methyl/N-ethyl adjacent to an activating group) is 1. The van der Waals surface area contributed by atoms with Crippen molar-refractivity contribution in [1.29, 1.82) is 0 Å². The first-order valence-electron chi connectivity index (χ1n) is 9.68. The number of carbonyl (C=O) groups excluding carboxylic acids is 1. The summed E-state index contributed by atoms with van der Waals surface area (Å²) >= 11 is 0. The highest BCUT2D eigenvalue weighted by molar-refractivity contribution is 5.71. The second kappa shape index (κ2) is 7.80. The maximum absolute atomic E-state index is 13.1. The Bertz CT molecular complexity index is 639. The maximum Gasteiger partial charge on any atom is 0.411 e. The highest BCUT2D eigenvalue weighted by atomic mass is 16.6. The van der Waals surface area contributed by atoms with Gasteiger partial charge in [0.25, 0.3) is 0 Å². The summed E-state index contributed by atoms with van der Waals surface area (Å²) in [5, 5.41) is 0. The predicted molar refractivity (Wildman–Crippen MR) is 109 cm³/mol. The van der Waals surface area contributed by atoms with Crippen LogP contribution in [0.4, 0.5) is 4.79 Å². The monoisotopic (exact) mass is 376 g/mol. The van der Waals surface area contributed by atoms with Crippen molar-refractivity contribution in [2.75, 3.05) is 20.7 Å². The molecule has 0 bridgehead atoms. The van der Waals surface area contributed by atoms with Gasteiger partial charge in [-0.3, -0.25) is 9.80 Å². The fourth-order valence-electron chi connectivity index (χ4n) is 4.38. The Kier molecular flexibility index (Phi) is 6.27. The number of ether oxygens (including phenoxy) is 2.